The van der Waals surface area contributed by atoms with Gasteiger partial charge in [0.15, 0.2) is 0 Å². The van der Waals surface area contributed by atoms with Crippen LogP contribution in [0.2, 0.25) is 0 Å². The molecule has 1 aromatic rings. The highest BCUT2D eigenvalue weighted by Crippen LogP contribution is 2.44. The molecule has 4 aliphatic heterocycles. The van der Waals surface area contributed by atoms with E-state index in [-0.39, 0.29) is 30.3 Å². The first-order chi connectivity index (χ1) is 16.9. The number of ether oxygens (including phenoxy) is 4. The number of hydrogen-bond acceptors (Lipinski definition) is 8. The second-order valence-corrected chi connectivity index (χ2v) is 10.3. The molecule has 0 saturated carbocycles. The minimum absolute atomic E-state index is 0.0610. The number of carbonyl (C=O) groups excluding carboxylic acids is 2. The van der Waals surface area contributed by atoms with E-state index in [2.05, 4.69) is 22.8 Å². The molecule has 0 radical (unpaired) electrons. The van der Waals surface area contributed by atoms with Gasteiger partial charge in [0.1, 0.15) is 20.0 Å². The SMILES string of the molecule is COCOC1CN(C2=C(C)C(=O)OC2)CCC12CCN(CCc1ccc3c(c1C)COC3=O)CC2. The molecule has 2 saturated heterocycles. The first-order valence-electron chi connectivity index (χ1n) is 12.6. The topological polar surface area (TPSA) is 77.5 Å². The molecule has 35 heavy (non-hydrogen) atoms. The van der Waals surface area contributed by atoms with Crippen molar-refractivity contribution < 1.29 is 28.5 Å². The lowest BCUT2D eigenvalue weighted by atomic mass is 9.69. The Kier molecular flexibility index (Phi) is 6.88. The summed E-state index contributed by atoms with van der Waals surface area (Å²) in [6.45, 7) is 9.78. The summed E-state index contributed by atoms with van der Waals surface area (Å²) in [4.78, 5) is 28.5. The van der Waals surface area contributed by atoms with Crippen LogP contribution >= 0.6 is 0 Å². The molecule has 8 nitrogen and oxygen atoms in total. The predicted octanol–water partition coefficient (Wildman–Crippen LogP) is 2.82. The molecule has 0 aliphatic carbocycles. The summed E-state index contributed by atoms with van der Waals surface area (Å²) in [6.07, 6.45) is 4.26. The summed E-state index contributed by atoms with van der Waals surface area (Å²) in [6, 6.07) is 4.01. The van der Waals surface area contributed by atoms with Gasteiger partial charge in [-0.2, -0.15) is 0 Å². The van der Waals surface area contributed by atoms with Gasteiger partial charge in [0, 0.05) is 37.7 Å². The lowest BCUT2D eigenvalue weighted by Crippen LogP contribution is -2.56. The quantitative estimate of drug-likeness (QED) is 0.432. The first-order valence-corrected chi connectivity index (χ1v) is 12.6. The maximum Gasteiger partial charge on any atom is 0.338 e. The molecule has 5 rings (SSSR count). The van der Waals surface area contributed by atoms with Crippen molar-refractivity contribution in [3.8, 4) is 0 Å². The number of hydrogen-bond donors (Lipinski definition) is 0. The second kappa shape index (κ2) is 9.91. The molecule has 4 aliphatic rings. The Hall–Kier alpha value is -2.42. The lowest BCUT2D eigenvalue weighted by Gasteiger charge is -2.52. The Labute approximate surface area is 207 Å². The third-order valence-electron chi connectivity index (χ3n) is 8.62. The monoisotopic (exact) mass is 484 g/mol. The normalized spacial score (nSPS) is 24.2. The minimum Gasteiger partial charge on any atom is -0.457 e. The Morgan fingerprint density at radius 3 is 2.49 bits per heavy atom. The van der Waals surface area contributed by atoms with E-state index in [1.165, 1.54) is 11.1 Å². The Morgan fingerprint density at radius 1 is 1.03 bits per heavy atom. The molecule has 1 aromatic carbocycles. The predicted molar refractivity (Wildman–Crippen MR) is 129 cm³/mol. The van der Waals surface area contributed by atoms with Crippen LogP contribution in [0, 0.1) is 12.3 Å². The van der Waals surface area contributed by atoms with Crippen molar-refractivity contribution in [1.82, 2.24) is 9.80 Å². The number of rotatable bonds is 7. The molecule has 2 fully saturated rings. The summed E-state index contributed by atoms with van der Waals surface area (Å²) in [7, 11) is 1.66. The fraction of sp³-hybridized carbons (Fsp3) is 0.630. The van der Waals surface area contributed by atoms with E-state index in [0.29, 0.717) is 13.2 Å². The van der Waals surface area contributed by atoms with Crippen LogP contribution in [0.3, 0.4) is 0 Å². The zero-order valence-electron chi connectivity index (χ0n) is 21.1. The van der Waals surface area contributed by atoms with Gasteiger partial charge in [0.05, 0.1) is 22.9 Å². The molecule has 190 valence electrons. The molecule has 8 heteroatoms. The van der Waals surface area contributed by atoms with Gasteiger partial charge in [0.2, 0.25) is 0 Å². The number of methoxy groups -OCH3 is 1. The van der Waals surface area contributed by atoms with Gasteiger partial charge in [-0.15, -0.1) is 0 Å². The maximum atomic E-state index is 11.9. The molecule has 1 atom stereocenters. The Balaban J connectivity index is 1.20. The van der Waals surface area contributed by atoms with Crippen LogP contribution in [0.25, 0.3) is 0 Å². The number of likely N-dealkylation sites (tertiary alicyclic amines) is 2. The fourth-order valence-electron chi connectivity index (χ4n) is 6.17. The molecule has 4 heterocycles. The average molecular weight is 485 g/mol. The summed E-state index contributed by atoms with van der Waals surface area (Å²) in [5.74, 6) is -0.411. The Bertz CT molecular complexity index is 1030. The maximum absolute atomic E-state index is 11.9. The van der Waals surface area contributed by atoms with E-state index < -0.39 is 0 Å². The van der Waals surface area contributed by atoms with Crippen LogP contribution in [0.4, 0.5) is 0 Å². The molecule has 0 N–H and O–H groups in total. The van der Waals surface area contributed by atoms with E-state index >= 15 is 0 Å². The van der Waals surface area contributed by atoms with Crippen molar-refractivity contribution in [3.63, 3.8) is 0 Å². The highest BCUT2D eigenvalue weighted by molar-refractivity contribution is 5.94. The lowest BCUT2D eigenvalue weighted by molar-refractivity contribution is -0.156. The van der Waals surface area contributed by atoms with Gasteiger partial charge in [-0.1, -0.05) is 6.07 Å². The summed E-state index contributed by atoms with van der Waals surface area (Å²) in [5, 5.41) is 0. The number of piperidine rings is 2. The van der Waals surface area contributed by atoms with Crippen molar-refractivity contribution in [3.05, 3.63) is 45.7 Å². The third-order valence-corrected chi connectivity index (χ3v) is 8.62. The molecular weight excluding hydrogens is 448 g/mol. The standard InChI is InChI=1S/C27H36N2O6/c1-18-20(4-5-21-22(18)15-33-26(21)31)6-10-28-11-7-27(8-12-28)9-13-29(14-24(27)35-17-32-3)23-16-34-25(30)19(23)2/h4-5,24H,6-17H2,1-3H3. The van der Waals surface area contributed by atoms with E-state index in [4.69, 9.17) is 18.9 Å². The van der Waals surface area contributed by atoms with Crippen LogP contribution in [0.15, 0.2) is 23.4 Å². The van der Waals surface area contributed by atoms with Crippen molar-refractivity contribution in [2.45, 2.75) is 52.2 Å². The molecule has 0 aromatic heterocycles. The van der Waals surface area contributed by atoms with E-state index in [0.717, 1.165) is 80.8 Å². The van der Waals surface area contributed by atoms with E-state index in [1.54, 1.807) is 7.11 Å². The fourth-order valence-corrected chi connectivity index (χ4v) is 6.17. The second-order valence-electron chi connectivity index (χ2n) is 10.3. The summed E-state index contributed by atoms with van der Waals surface area (Å²) < 4.78 is 22.0. The van der Waals surface area contributed by atoms with Gasteiger partial charge in [0.25, 0.3) is 0 Å². The van der Waals surface area contributed by atoms with Crippen molar-refractivity contribution in [1.29, 1.82) is 0 Å². The Morgan fingerprint density at radius 2 is 1.77 bits per heavy atom. The molecule has 1 spiro atoms. The van der Waals surface area contributed by atoms with Crippen LogP contribution in [-0.2, 0) is 36.8 Å². The van der Waals surface area contributed by atoms with E-state index in [9.17, 15) is 9.59 Å². The molecule has 0 bridgehead atoms. The number of esters is 2. The molecule has 1 unspecified atom stereocenters. The number of benzene rings is 1. The summed E-state index contributed by atoms with van der Waals surface area (Å²) in [5.41, 5.74) is 6.12. The molecular formula is C27H36N2O6. The van der Waals surface area contributed by atoms with Crippen molar-refractivity contribution in [2.24, 2.45) is 5.41 Å². The number of cyclic esters (lactones) is 2. The third kappa shape index (κ3) is 4.59. The highest BCUT2D eigenvalue weighted by Gasteiger charge is 2.46. The zero-order chi connectivity index (χ0) is 24.6. The minimum atomic E-state index is -0.208. The van der Waals surface area contributed by atoms with Gasteiger partial charge < -0.3 is 28.7 Å². The first kappa shape index (κ1) is 24.3. The summed E-state index contributed by atoms with van der Waals surface area (Å²) >= 11 is 0. The highest BCUT2D eigenvalue weighted by atomic mass is 16.7. The largest absolute Gasteiger partial charge is 0.457 e. The van der Waals surface area contributed by atoms with Gasteiger partial charge in [-0.3, -0.25) is 0 Å². The van der Waals surface area contributed by atoms with Crippen LogP contribution in [0.5, 0.6) is 0 Å². The van der Waals surface area contributed by atoms with Gasteiger partial charge >= 0.3 is 11.9 Å². The van der Waals surface area contributed by atoms with Crippen LogP contribution in [0.1, 0.15) is 53.2 Å². The van der Waals surface area contributed by atoms with Crippen LogP contribution in [-0.4, -0.2) is 81.1 Å². The molecule has 0 amide bonds. The van der Waals surface area contributed by atoms with E-state index in [1.807, 2.05) is 13.0 Å². The van der Waals surface area contributed by atoms with Gasteiger partial charge in [-0.25, -0.2) is 9.59 Å². The van der Waals surface area contributed by atoms with Crippen molar-refractivity contribution in [2.75, 3.05) is 53.2 Å². The number of fused-ring (bicyclic) bond motifs is 1. The smallest absolute Gasteiger partial charge is 0.338 e. The average Bonchev–Trinajstić information content (AvgIpc) is 3.41. The van der Waals surface area contributed by atoms with Crippen molar-refractivity contribution >= 4 is 11.9 Å². The zero-order valence-corrected chi connectivity index (χ0v) is 21.1. The number of carbonyl (C=O) groups is 2. The van der Waals surface area contributed by atoms with Gasteiger partial charge in [-0.05, 0) is 69.8 Å². The van der Waals surface area contributed by atoms with Crippen LogP contribution < -0.4 is 0 Å². The number of nitrogens with zero attached hydrogens (tertiary/aromatic N) is 2.